The molecule has 0 bridgehead atoms. The van der Waals surface area contributed by atoms with Crippen LogP contribution in [0.25, 0.3) is 0 Å². The Kier molecular flexibility index (Phi) is 5.67. The highest BCUT2D eigenvalue weighted by atomic mass is 16.5. The topological polar surface area (TPSA) is 41.5 Å². The summed E-state index contributed by atoms with van der Waals surface area (Å²) in [5, 5.41) is 13.4. The summed E-state index contributed by atoms with van der Waals surface area (Å²) in [7, 11) is 1.70. The van der Waals surface area contributed by atoms with Crippen molar-refractivity contribution in [2.45, 2.75) is 44.8 Å². The van der Waals surface area contributed by atoms with Crippen LogP contribution in [0.4, 0.5) is 5.69 Å². The smallest absolute Gasteiger partial charge is 0.0733 e. The van der Waals surface area contributed by atoms with Gasteiger partial charge in [-0.1, -0.05) is 43.9 Å². The van der Waals surface area contributed by atoms with E-state index in [4.69, 9.17) is 4.74 Å². The molecule has 1 aromatic carbocycles. The molecule has 106 valence electrons. The molecular weight excluding hydrogens is 238 g/mol. The Bertz CT molecular complexity index is 375. The van der Waals surface area contributed by atoms with Gasteiger partial charge in [0.2, 0.25) is 0 Å². The molecule has 0 radical (unpaired) electrons. The highest BCUT2D eigenvalue weighted by Gasteiger charge is 2.18. The lowest BCUT2D eigenvalue weighted by molar-refractivity contribution is 0.154. The van der Waals surface area contributed by atoms with Crippen LogP contribution in [0.1, 0.15) is 37.7 Å². The molecule has 3 heteroatoms. The van der Waals surface area contributed by atoms with Crippen molar-refractivity contribution in [1.29, 1.82) is 0 Å². The zero-order chi connectivity index (χ0) is 13.5. The van der Waals surface area contributed by atoms with Crippen LogP contribution >= 0.6 is 0 Å². The van der Waals surface area contributed by atoms with Gasteiger partial charge in [0.1, 0.15) is 0 Å². The molecule has 1 fully saturated rings. The van der Waals surface area contributed by atoms with E-state index in [0.717, 1.165) is 23.6 Å². The van der Waals surface area contributed by atoms with Crippen LogP contribution in [-0.2, 0) is 11.3 Å². The van der Waals surface area contributed by atoms with E-state index in [-0.39, 0.29) is 6.10 Å². The van der Waals surface area contributed by atoms with Crippen molar-refractivity contribution in [3.63, 3.8) is 0 Å². The van der Waals surface area contributed by atoms with Crippen LogP contribution in [-0.4, -0.2) is 24.9 Å². The Hall–Kier alpha value is -1.06. The molecule has 2 rings (SSSR count). The summed E-state index contributed by atoms with van der Waals surface area (Å²) < 4.78 is 5.18. The van der Waals surface area contributed by atoms with Crippen molar-refractivity contribution in [3.05, 3.63) is 29.8 Å². The summed E-state index contributed by atoms with van der Waals surface area (Å²) in [6, 6.07) is 8.10. The van der Waals surface area contributed by atoms with Crippen LogP contribution in [0.15, 0.2) is 24.3 Å². The lowest BCUT2D eigenvalue weighted by atomic mass is 10.00. The number of benzene rings is 1. The van der Waals surface area contributed by atoms with E-state index in [2.05, 4.69) is 11.4 Å². The van der Waals surface area contributed by atoms with E-state index in [1.165, 1.54) is 25.7 Å². The first kappa shape index (κ1) is 14.4. The number of aliphatic hydroxyl groups is 1. The molecule has 1 saturated carbocycles. The van der Waals surface area contributed by atoms with Gasteiger partial charge in [0.25, 0.3) is 0 Å². The molecule has 2 N–H and O–H groups in total. The predicted molar refractivity (Wildman–Crippen MR) is 78.2 cm³/mol. The molecule has 0 saturated heterocycles. The molecule has 0 aromatic heterocycles. The fraction of sp³-hybridized carbons (Fsp3) is 0.625. The minimum absolute atomic E-state index is 0.251. The van der Waals surface area contributed by atoms with Gasteiger partial charge in [-0.2, -0.15) is 0 Å². The minimum atomic E-state index is -0.251. The lowest BCUT2D eigenvalue weighted by Gasteiger charge is -2.18. The van der Waals surface area contributed by atoms with Crippen LogP contribution in [0.5, 0.6) is 0 Å². The number of rotatable bonds is 7. The SMILES string of the molecule is COCc1ccccc1NCC(O)CC1CCCC1. The van der Waals surface area contributed by atoms with Gasteiger partial charge in [0.15, 0.2) is 0 Å². The summed E-state index contributed by atoms with van der Waals surface area (Å²) in [6.45, 7) is 1.22. The Morgan fingerprint density at radius 1 is 1.32 bits per heavy atom. The molecule has 1 aromatic rings. The molecule has 0 spiro atoms. The second kappa shape index (κ2) is 7.51. The van der Waals surface area contributed by atoms with Crippen LogP contribution in [0, 0.1) is 5.92 Å². The van der Waals surface area contributed by atoms with Crippen molar-refractivity contribution >= 4 is 5.69 Å². The second-order valence-electron chi connectivity index (χ2n) is 5.51. The number of anilines is 1. The zero-order valence-electron chi connectivity index (χ0n) is 11.8. The van der Waals surface area contributed by atoms with Gasteiger partial charge in [-0.25, -0.2) is 0 Å². The van der Waals surface area contributed by atoms with Gasteiger partial charge in [-0.3, -0.25) is 0 Å². The fourth-order valence-corrected chi connectivity index (χ4v) is 2.92. The van der Waals surface area contributed by atoms with Crippen LogP contribution in [0.2, 0.25) is 0 Å². The molecule has 0 heterocycles. The Morgan fingerprint density at radius 2 is 2.05 bits per heavy atom. The van der Waals surface area contributed by atoms with E-state index in [9.17, 15) is 5.11 Å². The quantitative estimate of drug-likeness (QED) is 0.794. The molecule has 1 atom stereocenters. The fourth-order valence-electron chi connectivity index (χ4n) is 2.92. The minimum Gasteiger partial charge on any atom is -0.391 e. The number of para-hydroxylation sites is 1. The van der Waals surface area contributed by atoms with Gasteiger partial charge >= 0.3 is 0 Å². The Labute approximate surface area is 116 Å². The molecule has 19 heavy (non-hydrogen) atoms. The number of aliphatic hydroxyl groups excluding tert-OH is 1. The monoisotopic (exact) mass is 263 g/mol. The number of hydrogen-bond acceptors (Lipinski definition) is 3. The third kappa shape index (κ3) is 4.51. The van der Waals surface area contributed by atoms with Gasteiger partial charge in [-0.05, 0) is 18.4 Å². The standard InChI is InChI=1S/C16H25NO2/c1-19-12-14-8-4-5-9-16(14)17-11-15(18)10-13-6-2-3-7-13/h4-5,8-9,13,15,17-18H,2-3,6-7,10-12H2,1H3. The number of methoxy groups -OCH3 is 1. The van der Waals surface area contributed by atoms with Crippen LogP contribution in [0.3, 0.4) is 0 Å². The average Bonchev–Trinajstić information content (AvgIpc) is 2.91. The Balaban J connectivity index is 1.80. The average molecular weight is 263 g/mol. The van der Waals surface area contributed by atoms with Crippen molar-refractivity contribution in [2.24, 2.45) is 5.92 Å². The van der Waals surface area contributed by atoms with E-state index < -0.39 is 0 Å². The molecule has 0 amide bonds. The van der Waals surface area contributed by atoms with Crippen LogP contribution < -0.4 is 5.32 Å². The number of hydrogen-bond donors (Lipinski definition) is 2. The Morgan fingerprint density at radius 3 is 2.79 bits per heavy atom. The predicted octanol–water partition coefficient (Wildman–Crippen LogP) is 3.19. The first-order valence-corrected chi connectivity index (χ1v) is 7.28. The first-order valence-electron chi connectivity index (χ1n) is 7.28. The van der Waals surface area contributed by atoms with E-state index >= 15 is 0 Å². The summed E-state index contributed by atoms with van der Waals surface area (Å²) in [6.07, 6.45) is 5.93. The van der Waals surface area contributed by atoms with Crippen molar-refractivity contribution in [1.82, 2.24) is 0 Å². The third-order valence-corrected chi connectivity index (χ3v) is 3.93. The van der Waals surface area contributed by atoms with Crippen molar-refractivity contribution < 1.29 is 9.84 Å². The summed E-state index contributed by atoms with van der Waals surface area (Å²) in [4.78, 5) is 0. The highest BCUT2D eigenvalue weighted by Crippen LogP contribution is 2.28. The zero-order valence-corrected chi connectivity index (χ0v) is 11.8. The summed E-state index contributed by atoms with van der Waals surface area (Å²) >= 11 is 0. The van der Waals surface area contributed by atoms with E-state index in [1.807, 2.05) is 18.2 Å². The van der Waals surface area contributed by atoms with Gasteiger partial charge < -0.3 is 15.2 Å². The molecule has 3 nitrogen and oxygen atoms in total. The molecule has 1 unspecified atom stereocenters. The molecule has 1 aliphatic carbocycles. The third-order valence-electron chi connectivity index (χ3n) is 3.93. The molecule has 0 aliphatic heterocycles. The maximum atomic E-state index is 10.1. The maximum Gasteiger partial charge on any atom is 0.0733 e. The summed E-state index contributed by atoms with van der Waals surface area (Å²) in [5.74, 6) is 0.728. The lowest BCUT2D eigenvalue weighted by Crippen LogP contribution is -2.22. The summed E-state index contributed by atoms with van der Waals surface area (Å²) in [5.41, 5.74) is 2.20. The maximum absolute atomic E-state index is 10.1. The number of nitrogens with one attached hydrogen (secondary N) is 1. The normalized spacial score (nSPS) is 17.6. The largest absolute Gasteiger partial charge is 0.391 e. The molecular formula is C16H25NO2. The van der Waals surface area contributed by atoms with Gasteiger partial charge in [0, 0.05) is 24.9 Å². The molecule has 1 aliphatic rings. The first-order chi connectivity index (χ1) is 9.29. The van der Waals surface area contributed by atoms with Crippen molar-refractivity contribution in [2.75, 3.05) is 19.0 Å². The van der Waals surface area contributed by atoms with E-state index in [1.54, 1.807) is 7.11 Å². The number of ether oxygens (including phenoxy) is 1. The highest BCUT2D eigenvalue weighted by molar-refractivity contribution is 5.50. The second-order valence-corrected chi connectivity index (χ2v) is 5.51. The van der Waals surface area contributed by atoms with E-state index in [0.29, 0.717) is 13.2 Å². The van der Waals surface area contributed by atoms with Crippen molar-refractivity contribution in [3.8, 4) is 0 Å². The van der Waals surface area contributed by atoms with Gasteiger partial charge in [0.05, 0.1) is 12.7 Å². The van der Waals surface area contributed by atoms with Gasteiger partial charge in [-0.15, -0.1) is 0 Å².